The molecule has 0 N–H and O–H groups in total. The van der Waals surface area contributed by atoms with E-state index in [0.29, 0.717) is 0 Å². The Hall–Kier alpha value is -1.78. The van der Waals surface area contributed by atoms with Gasteiger partial charge in [-0.25, -0.2) is 0 Å². The fraction of sp³-hybridized carbons (Fsp3) is 0.133. The average Bonchev–Trinajstić information content (AvgIpc) is 2.46. The Labute approximate surface area is 116 Å². The van der Waals surface area contributed by atoms with Crippen molar-refractivity contribution < 1.29 is 9.29 Å². The van der Waals surface area contributed by atoms with E-state index >= 15 is 0 Å². The summed E-state index contributed by atoms with van der Waals surface area (Å²) in [6, 6.07) is 15.0. The van der Waals surface area contributed by atoms with Gasteiger partial charge in [0.1, 0.15) is 17.1 Å². The van der Waals surface area contributed by atoms with Crippen LogP contribution in [0.4, 0.5) is 0 Å². The van der Waals surface area contributed by atoms with Crippen molar-refractivity contribution in [1.29, 1.82) is 0 Å². The standard InChI is InChI=1S/C15H15NO2S/c1-12-5-3-4-6-15(12)19(17)16-11-13-7-9-14(18-2)10-8-13/h3-11H,1-2H3/b16-11+. The maximum atomic E-state index is 12.1. The first-order chi connectivity index (χ1) is 9.20. The van der Waals surface area contributed by atoms with Crippen LogP contribution in [0.25, 0.3) is 0 Å². The van der Waals surface area contributed by atoms with Gasteiger partial charge >= 0.3 is 0 Å². The quantitative estimate of drug-likeness (QED) is 0.634. The number of aryl methyl sites for hydroxylation is 1. The molecule has 0 fully saturated rings. The number of methoxy groups -OCH3 is 1. The normalized spacial score (nSPS) is 12.6. The van der Waals surface area contributed by atoms with Gasteiger partial charge in [0, 0.05) is 5.56 Å². The lowest BCUT2D eigenvalue weighted by Gasteiger charge is -2.05. The molecule has 98 valence electrons. The molecule has 0 aromatic heterocycles. The molecule has 1 atom stereocenters. The van der Waals surface area contributed by atoms with Crippen LogP contribution >= 0.6 is 0 Å². The van der Waals surface area contributed by atoms with E-state index in [9.17, 15) is 4.55 Å². The Bertz CT molecular complexity index is 567. The third-order valence-electron chi connectivity index (χ3n) is 2.70. The molecule has 2 aromatic carbocycles. The Morgan fingerprint density at radius 3 is 2.42 bits per heavy atom. The van der Waals surface area contributed by atoms with Crippen molar-refractivity contribution in [2.45, 2.75) is 11.8 Å². The van der Waals surface area contributed by atoms with Gasteiger partial charge in [0.05, 0.1) is 13.3 Å². The summed E-state index contributed by atoms with van der Waals surface area (Å²) in [4.78, 5) is 0.743. The predicted molar refractivity (Wildman–Crippen MR) is 78.2 cm³/mol. The second kappa shape index (κ2) is 6.41. The van der Waals surface area contributed by atoms with Gasteiger partial charge in [-0.1, -0.05) is 22.6 Å². The second-order valence-electron chi connectivity index (χ2n) is 4.02. The molecule has 4 heteroatoms. The van der Waals surface area contributed by atoms with Crippen LogP contribution in [0.5, 0.6) is 5.75 Å². The van der Waals surface area contributed by atoms with Crippen LogP contribution in [-0.2, 0) is 11.4 Å². The van der Waals surface area contributed by atoms with Gasteiger partial charge in [-0.3, -0.25) is 0 Å². The van der Waals surface area contributed by atoms with Gasteiger partial charge < -0.3 is 9.29 Å². The van der Waals surface area contributed by atoms with Crippen LogP contribution in [0.15, 0.2) is 57.8 Å². The maximum Gasteiger partial charge on any atom is 0.185 e. The van der Waals surface area contributed by atoms with Gasteiger partial charge in [-0.15, -0.1) is 0 Å². The molecule has 2 aromatic rings. The minimum Gasteiger partial charge on any atom is -0.586 e. The van der Waals surface area contributed by atoms with E-state index in [1.807, 2.05) is 55.5 Å². The summed E-state index contributed by atoms with van der Waals surface area (Å²) in [5, 5.41) is 0. The van der Waals surface area contributed by atoms with Crippen LogP contribution < -0.4 is 4.74 Å². The van der Waals surface area contributed by atoms with E-state index in [1.165, 1.54) is 0 Å². The number of hydrogen-bond donors (Lipinski definition) is 0. The van der Waals surface area contributed by atoms with Gasteiger partial charge in [0.25, 0.3) is 0 Å². The van der Waals surface area contributed by atoms with Crippen molar-refractivity contribution in [3.8, 4) is 5.75 Å². The van der Waals surface area contributed by atoms with Crippen LogP contribution in [0.1, 0.15) is 11.1 Å². The van der Waals surface area contributed by atoms with Crippen molar-refractivity contribution in [2.75, 3.05) is 7.11 Å². The second-order valence-corrected chi connectivity index (χ2v) is 5.17. The van der Waals surface area contributed by atoms with Crippen molar-refractivity contribution >= 4 is 17.6 Å². The van der Waals surface area contributed by atoms with Gasteiger partial charge in [0.2, 0.25) is 0 Å². The number of benzene rings is 2. The van der Waals surface area contributed by atoms with Crippen molar-refractivity contribution in [2.24, 2.45) is 4.40 Å². The maximum absolute atomic E-state index is 12.1. The largest absolute Gasteiger partial charge is 0.586 e. The van der Waals surface area contributed by atoms with E-state index < -0.39 is 11.4 Å². The van der Waals surface area contributed by atoms with Crippen LogP contribution in [0, 0.1) is 6.92 Å². The zero-order chi connectivity index (χ0) is 13.7. The van der Waals surface area contributed by atoms with Crippen molar-refractivity contribution in [3.63, 3.8) is 0 Å². The lowest BCUT2D eigenvalue weighted by atomic mass is 10.2. The summed E-state index contributed by atoms with van der Waals surface area (Å²) >= 11 is -1.36. The minimum absolute atomic E-state index is 0.743. The average molecular weight is 273 g/mol. The highest BCUT2D eigenvalue weighted by molar-refractivity contribution is 7.90. The number of ether oxygens (including phenoxy) is 1. The van der Waals surface area contributed by atoms with Gasteiger partial charge in [0.15, 0.2) is 4.90 Å². The van der Waals surface area contributed by atoms with Crippen LogP contribution in [-0.4, -0.2) is 17.9 Å². The van der Waals surface area contributed by atoms with E-state index in [-0.39, 0.29) is 0 Å². The molecule has 0 saturated heterocycles. The molecule has 0 aliphatic rings. The summed E-state index contributed by atoms with van der Waals surface area (Å²) in [6.45, 7) is 1.93. The summed E-state index contributed by atoms with van der Waals surface area (Å²) in [5.41, 5.74) is 1.87. The third kappa shape index (κ3) is 3.59. The zero-order valence-corrected chi connectivity index (χ0v) is 11.7. The fourth-order valence-electron chi connectivity index (χ4n) is 1.61. The van der Waals surface area contributed by atoms with Crippen molar-refractivity contribution in [3.05, 3.63) is 59.7 Å². The summed E-state index contributed by atoms with van der Waals surface area (Å²) in [5.74, 6) is 0.789. The zero-order valence-electron chi connectivity index (χ0n) is 10.9. The van der Waals surface area contributed by atoms with Crippen LogP contribution in [0.2, 0.25) is 0 Å². The minimum atomic E-state index is -1.36. The number of nitrogens with zero attached hydrogens (tertiary/aromatic N) is 1. The topological polar surface area (TPSA) is 44.6 Å². The van der Waals surface area contributed by atoms with E-state index in [4.69, 9.17) is 4.74 Å². The molecule has 0 amide bonds. The molecule has 0 heterocycles. The molecule has 0 radical (unpaired) electrons. The van der Waals surface area contributed by atoms with Gasteiger partial charge in [-0.05, 0) is 42.8 Å². The highest BCUT2D eigenvalue weighted by atomic mass is 32.2. The van der Waals surface area contributed by atoms with E-state index in [2.05, 4.69) is 4.40 Å². The molecule has 2 rings (SSSR count). The summed E-state index contributed by atoms with van der Waals surface area (Å²) in [7, 11) is 1.62. The molecular weight excluding hydrogens is 258 g/mol. The molecule has 0 spiro atoms. The molecular formula is C15H15NO2S. The highest BCUT2D eigenvalue weighted by Crippen LogP contribution is 2.17. The lowest BCUT2D eigenvalue weighted by Crippen LogP contribution is -2.00. The molecule has 0 bridgehead atoms. The Morgan fingerprint density at radius 1 is 1.11 bits per heavy atom. The fourth-order valence-corrected chi connectivity index (χ4v) is 2.48. The highest BCUT2D eigenvalue weighted by Gasteiger charge is 2.11. The first kappa shape index (κ1) is 13.6. The van der Waals surface area contributed by atoms with Crippen LogP contribution in [0.3, 0.4) is 0 Å². The Balaban J connectivity index is 2.11. The third-order valence-corrected chi connectivity index (χ3v) is 3.83. The van der Waals surface area contributed by atoms with Crippen molar-refractivity contribution in [1.82, 2.24) is 0 Å². The molecule has 3 nitrogen and oxygen atoms in total. The smallest absolute Gasteiger partial charge is 0.185 e. The molecule has 1 unspecified atom stereocenters. The Kier molecular flexibility index (Phi) is 4.60. The van der Waals surface area contributed by atoms with E-state index in [0.717, 1.165) is 21.8 Å². The lowest BCUT2D eigenvalue weighted by molar-refractivity contribution is 0.415. The summed E-state index contributed by atoms with van der Waals surface area (Å²) in [6.07, 6.45) is 1.61. The van der Waals surface area contributed by atoms with Gasteiger partial charge in [-0.2, -0.15) is 0 Å². The Morgan fingerprint density at radius 2 is 1.79 bits per heavy atom. The first-order valence-electron chi connectivity index (χ1n) is 5.86. The predicted octanol–water partition coefficient (Wildman–Crippen LogP) is 3.15. The molecule has 19 heavy (non-hydrogen) atoms. The first-order valence-corrected chi connectivity index (χ1v) is 6.97. The molecule has 0 aliphatic heterocycles. The number of rotatable bonds is 4. The summed E-state index contributed by atoms with van der Waals surface area (Å²) < 4.78 is 21.2. The SMILES string of the molecule is COc1ccc(/C=N/[S+]([O-])c2ccccc2C)cc1. The monoisotopic (exact) mass is 273 g/mol. The molecule has 0 aliphatic carbocycles. The molecule has 0 saturated carbocycles. The number of hydrogen-bond acceptors (Lipinski definition) is 3. The van der Waals surface area contributed by atoms with E-state index in [1.54, 1.807) is 13.3 Å².